The first kappa shape index (κ1) is 14.8. The quantitative estimate of drug-likeness (QED) is 0.812. The molecule has 0 aliphatic carbocycles. The topological polar surface area (TPSA) is 33.5 Å². The summed E-state index contributed by atoms with van der Waals surface area (Å²) in [4.78, 5) is 13.0. The number of halogens is 3. The van der Waals surface area contributed by atoms with Crippen LogP contribution in [0.15, 0.2) is 12.1 Å². The summed E-state index contributed by atoms with van der Waals surface area (Å²) >= 11 is 0. The number of rotatable bonds is 3. The van der Waals surface area contributed by atoms with E-state index < -0.39 is 17.5 Å². The van der Waals surface area contributed by atoms with E-state index in [0.29, 0.717) is 0 Å². The van der Waals surface area contributed by atoms with Gasteiger partial charge in [0.15, 0.2) is 24.0 Å². The first-order valence-corrected chi connectivity index (χ1v) is 6.85. The third-order valence-electron chi connectivity index (χ3n) is 3.53. The molecule has 2 N–H and O–H groups in total. The van der Waals surface area contributed by atoms with Crippen LogP contribution >= 0.6 is 0 Å². The average molecular weight is 287 g/mol. The Bertz CT molecular complexity index is 486. The Labute approximate surface area is 115 Å². The molecule has 110 valence electrons. The fraction of sp³-hybridized carbons (Fsp3) is 0.500. The van der Waals surface area contributed by atoms with Crippen LogP contribution in [0, 0.1) is 17.5 Å². The molecule has 6 heteroatoms. The molecule has 2 rings (SSSR count). The third kappa shape index (κ3) is 3.72. The monoisotopic (exact) mass is 287 g/mol. The van der Waals surface area contributed by atoms with Crippen LogP contribution in [-0.4, -0.2) is 25.5 Å². The molecule has 1 aromatic carbocycles. The Balaban J connectivity index is 1.95. The standard InChI is InChI=1S/C14H17F3N2O/c15-10-5-6-11(14(17)13(10)16)18-12(20)9-19-7-3-1-2-4-8-19/h5-6H,1-4,7-9H2,(H,18,20)/p+1. The third-order valence-corrected chi connectivity index (χ3v) is 3.53. The van der Waals surface area contributed by atoms with Crippen LogP contribution in [0.25, 0.3) is 0 Å². The molecule has 1 aliphatic heterocycles. The number of quaternary nitrogens is 1. The minimum atomic E-state index is -1.56. The van der Waals surface area contributed by atoms with Crippen molar-refractivity contribution in [1.82, 2.24) is 0 Å². The molecule has 0 radical (unpaired) electrons. The van der Waals surface area contributed by atoms with Gasteiger partial charge in [0.05, 0.1) is 18.8 Å². The normalized spacial score (nSPS) is 16.8. The van der Waals surface area contributed by atoms with Crippen LogP contribution in [0.3, 0.4) is 0 Å². The summed E-state index contributed by atoms with van der Waals surface area (Å²) in [6, 6.07) is 1.83. The lowest BCUT2D eigenvalue weighted by Crippen LogP contribution is -3.12. The fourth-order valence-electron chi connectivity index (χ4n) is 2.45. The summed E-state index contributed by atoms with van der Waals surface area (Å²) in [7, 11) is 0. The van der Waals surface area contributed by atoms with Crippen molar-refractivity contribution < 1.29 is 22.9 Å². The molecule has 1 saturated heterocycles. The molecule has 1 heterocycles. The van der Waals surface area contributed by atoms with E-state index in [-0.39, 0.29) is 18.1 Å². The second-order valence-corrected chi connectivity index (χ2v) is 5.11. The van der Waals surface area contributed by atoms with Gasteiger partial charge in [-0.25, -0.2) is 13.2 Å². The molecule has 20 heavy (non-hydrogen) atoms. The lowest BCUT2D eigenvalue weighted by atomic mass is 10.2. The lowest BCUT2D eigenvalue weighted by Gasteiger charge is -2.16. The molecule has 0 unspecified atom stereocenters. The first-order valence-electron chi connectivity index (χ1n) is 6.85. The summed E-state index contributed by atoms with van der Waals surface area (Å²) in [5, 5.41) is 2.30. The van der Waals surface area contributed by atoms with Crippen molar-refractivity contribution in [3.63, 3.8) is 0 Å². The maximum atomic E-state index is 13.4. The van der Waals surface area contributed by atoms with Gasteiger partial charge in [-0.3, -0.25) is 4.79 Å². The number of hydrogen-bond donors (Lipinski definition) is 2. The minimum Gasteiger partial charge on any atom is -0.327 e. The van der Waals surface area contributed by atoms with Crippen molar-refractivity contribution in [2.24, 2.45) is 0 Å². The Morgan fingerprint density at radius 3 is 2.35 bits per heavy atom. The van der Waals surface area contributed by atoms with Crippen molar-refractivity contribution in [1.29, 1.82) is 0 Å². The summed E-state index contributed by atoms with van der Waals surface area (Å²) < 4.78 is 39.3. The van der Waals surface area contributed by atoms with Crippen LogP contribution < -0.4 is 10.2 Å². The van der Waals surface area contributed by atoms with Crippen molar-refractivity contribution >= 4 is 11.6 Å². The molecule has 1 fully saturated rings. The molecule has 0 saturated carbocycles. The Hall–Kier alpha value is -1.56. The number of anilines is 1. The number of hydrogen-bond acceptors (Lipinski definition) is 1. The maximum absolute atomic E-state index is 13.4. The zero-order valence-electron chi connectivity index (χ0n) is 11.1. The van der Waals surface area contributed by atoms with Crippen molar-refractivity contribution in [2.75, 3.05) is 25.0 Å². The van der Waals surface area contributed by atoms with E-state index in [1.54, 1.807) is 0 Å². The highest BCUT2D eigenvalue weighted by Gasteiger charge is 2.19. The predicted molar refractivity (Wildman–Crippen MR) is 69.0 cm³/mol. The van der Waals surface area contributed by atoms with E-state index in [1.165, 1.54) is 12.8 Å². The zero-order valence-corrected chi connectivity index (χ0v) is 11.1. The number of nitrogens with one attached hydrogen (secondary N) is 2. The molecular formula is C14H18F3N2O+. The summed E-state index contributed by atoms with van der Waals surface area (Å²) in [6.07, 6.45) is 4.48. The van der Waals surface area contributed by atoms with Gasteiger partial charge in [-0.2, -0.15) is 0 Å². The number of amides is 1. The molecule has 0 aromatic heterocycles. The highest BCUT2D eigenvalue weighted by Crippen LogP contribution is 2.19. The van der Waals surface area contributed by atoms with Gasteiger partial charge in [-0.1, -0.05) is 0 Å². The van der Waals surface area contributed by atoms with Gasteiger partial charge in [0.1, 0.15) is 0 Å². The summed E-state index contributed by atoms with van der Waals surface area (Å²) in [5.74, 6) is -4.57. The van der Waals surface area contributed by atoms with Crippen molar-refractivity contribution in [3.8, 4) is 0 Å². The van der Waals surface area contributed by atoms with Crippen LogP contribution in [0.4, 0.5) is 18.9 Å². The second kappa shape index (κ2) is 6.74. The van der Waals surface area contributed by atoms with Crippen LogP contribution in [0.5, 0.6) is 0 Å². The second-order valence-electron chi connectivity index (χ2n) is 5.11. The van der Waals surface area contributed by atoms with Gasteiger partial charge in [-0.15, -0.1) is 0 Å². The largest absolute Gasteiger partial charge is 0.327 e. The van der Waals surface area contributed by atoms with E-state index in [1.807, 2.05) is 0 Å². The average Bonchev–Trinajstić information content (AvgIpc) is 2.68. The minimum absolute atomic E-state index is 0.221. The summed E-state index contributed by atoms with van der Waals surface area (Å²) in [5.41, 5.74) is -0.317. The van der Waals surface area contributed by atoms with Gasteiger partial charge >= 0.3 is 0 Å². The van der Waals surface area contributed by atoms with Crippen molar-refractivity contribution in [2.45, 2.75) is 25.7 Å². The molecule has 0 atom stereocenters. The van der Waals surface area contributed by atoms with E-state index in [2.05, 4.69) is 5.32 Å². The van der Waals surface area contributed by atoms with E-state index in [9.17, 15) is 18.0 Å². The zero-order chi connectivity index (χ0) is 14.5. The fourth-order valence-corrected chi connectivity index (χ4v) is 2.45. The number of likely N-dealkylation sites (tertiary alicyclic amines) is 1. The molecular weight excluding hydrogens is 269 g/mol. The molecule has 3 nitrogen and oxygen atoms in total. The van der Waals surface area contributed by atoms with Crippen LogP contribution in [0.2, 0.25) is 0 Å². The van der Waals surface area contributed by atoms with Crippen LogP contribution in [-0.2, 0) is 4.79 Å². The lowest BCUT2D eigenvalue weighted by molar-refractivity contribution is -0.890. The predicted octanol–water partition coefficient (Wildman–Crippen LogP) is 1.50. The van der Waals surface area contributed by atoms with Gasteiger partial charge in [-0.05, 0) is 37.8 Å². The smallest absolute Gasteiger partial charge is 0.279 e. The number of carbonyl (C=O) groups is 1. The molecule has 1 aliphatic rings. The van der Waals surface area contributed by atoms with Gasteiger partial charge in [0.25, 0.3) is 5.91 Å². The van der Waals surface area contributed by atoms with Crippen molar-refractivity contribution in [3.05, 3.63) is 29.6 Å². The highest BCUT2D eigenvalue weighted by molar-refractivity contribution is 5.91. The Morgan fingerprint density at radius 2 is 1.70 bits per heavy atom. The van der Waals surface area contributed by atoms with E-state index in [0.717, 1.165) is 43.0 Å². The number of benzene rings is 1. The van der Waals surface area contributed by atoms with E-state index >= 15 is 0 Å². The highest BCUT2D eigenvalue weighted by atomic mass is 19.2. The SMILES string of the molecule is O=C(C[NH+]1CCCCCC1)Nc1ccc(F)c(F)c1F. The molecule has 0 bridgehead atoms. The maximum Gasteiger partial charge on any atom is 0.279 e. The Kier molecular flexibility index (Phi) is 5.00. The Morgan fingerprint density at radius 1 is 1.05 bits per heavy atom. The number of carbonyl (C=O) groups excluding carboxylic acids is 1. The van der Waals surface area contributed by atoms with Gasteiger partial charge in [0.2, 0.25) is 0 Å². The molecule has 1 amide bonds. The van der Waals surface area contributed by atoms with Gasteiger partial charge in [0, 0.05) is 0 Å². The molecule has 0 spiro atoms. The first-order chi connectivity index (χ1) is 9.58. The molecule has 1 aromatic rings. The van der Waals surface area contributed by atoms with Gasteiger partial charge < -0.3 is 10.2 Å². The van der Waals surface area contributed by atoms with E-state index in [4.69, 9.17) is 0 Å². The summed E-state index contributed by atoms with van der Waals surface area (Å²) in [6.45, 7) is 2.04. The van der Waals surface area contributed by atoms with Crippen LogP contribution in [0.1, 0.15) is 25.7 Å².